The summed E-state index contributed by atoms with van der Waals surface area (Å²) in [7, 11) is 0. The summed E-state index contributed by atoms with van der Waals surface area (Å²) in [5.41, 5.74) is 5.96. The average Bonchev–Trinajstić information content (AvgIpc) is 2.39. The van der Waals surface area contributed by atoms with Crippen molar-refractivity contribution >= 4 is 15.9 Å². The zero-order valence-electron chi connectivity index (χ0n) is 10.7. The van der Waals surface area contributed by atoms with Crippen LogP contribution in [0.2, 0.25) is 0 Å². The Morgan fingerprint density at radius 2 is 2.05 bits per heavy atom. The molecule has 3 N–H and O–H groups in total. The van der Waals surface area contributed by atoms with E-state index in [1.807, 2.05) is 25.1 Å². The van der Waals surface area contributed by atoms with Crippen LogP contribution >= 0.6 is 15.9 Å². The van der Waals surface area contributed by atoms with E-state index >= 15 is 0 Å². The van der Waals surface area contributed by atoms with Crippen LogP contribution in [-0.2, 0) is 6.42 Å². The van der Waals surface area contributed by atoms with Crippen LogP contribution in [0, 0.1) is 12.7 Å². The van der Waals surface area contributed by atoms with Gasteiger partial charge in [-0.05, 0) is 42.7 Å². The standard InChI is InChI=1S/C15H16BrFN2/c1-10-5-6-14(16)13(7-10)15(19-18)9-11-3-2-4-12(17)8-11/h2-8,15,19H,9,18H2,1H3. The maximum atomic E-state index is 13.2. The summed E-state index contributed by atoms with van der Waals surface area (Å²) in [5, 5.41) is 0. The Morgan fingerprint density at radius 3 is 2.74 bits per heavy atom. The first-order valence-corrected chi connectivity index (χ1v) is 6.86. The van der Waals surface area contributed by atoms with Crippen LogP contribution in [0.4, 0.5) is 4.39 Å². The summed E-state index contributed by atoms with van der Waals surface area (Å²) in [6.45, 7) is 2.03. The van der Waals surface area contributed by atoms with Crippen LogP contribution in [0.3, 0.4) is 0 Å². The van der Waals surface area contributed by atoms with Gasteiger partial charge in [-0.1, -0.05) is 45.8 Å². The van der Waals surface area contributed by atoms with Crippen LogP contribution in [0.25, 0.3) is 0 Å². The highest BCUT2D eigenvalue weighted by Crippen LogP contribution is 2.27. The second kappa shape index (κ2) is 6.28. The third-order valence-corrected chi connectivity index (χ3v) is 3.78. The highest BCUT2D eigenvalue weighted by molar-refractivity contribution is 9.10. The number of hydrazine groups is 1. The van der Waals surface area contributed by atoms with Crippen LogP contribution in [0.15, 0.2) is 46.9 Å². The number of benzene rings is 2. The zero-order chi connectivity index (χ0) is 13.8. The lowest BCUT2D eigenvalue weighted by Crippen LogP contribution is -2.30. The van der Waals surface area contributed by atoms with E-state index in [4.69, 9.17) is 5.84 Å². The Hall–Kier alpha value is -1.23. The Balaban J connectivity index is 2.27. The van der Waals surface area contributed by atoms with Crippen molar-refractivity contribution < 1.29 is 4.39 Å². The average molecular weight is 323 g/mol. The van der Waals surface area contributed by atoms with E-state index in [-0.39, 0.29) is 11.9 Å². The highest BCUT2D eigenvalue weighted by atomic mass is 79.9. The highest BCUT2D eigenvalue weighted by Gasteiger charge is 2.14. The molecular formula is C15H16BrFN2. The molecule has 0 spiro atoms. The number of nitrogens with one attached hydrogen (secondary N) is 1. The molecule has 1 atom stereocenters. The van der Waals surface area contributed by atoms with E-state index in [0.717, 1.165) is 21.2 Å². The van der Waals surface area contributed by atoms with Gasteiger partial charge in [-0.2, -0.15) is 0 Å². The predicted molar refractivity (Wildman–Crippen MR) is 79.0 cm³/mol. The lowest BCUT2D eigenvalue weighted by molar-refractivity contribution is 0.546. The summed E-state index contributed by atoms with van der Waals surface area (Å²) >= 11 is 3.53. The molecule has 100 valence electrons. The molecule has 0 heterocycles. The van der Waals surface area contributed by atoms with Crippen molar-refractivity contribution in [3.8, 4) is 0 Å². The molecule has 2 rings (SSSR count). The van der Waals surface area contributed by atoms with E-state index < -0.39 is 0 Å². The molecule has 0 bridgehead atoms. The molecule has 0 aliphatic rings. The van der Waals surface area contributed by atoms with Gasteiger partial charge in [0.1, 0.15) is 5.82 Å². The van der Waals surface area contributed by atoms with Crippen molar-refractivity contribution in [3.63, 3.8) is 0 Å². The van der Waals surface area contributed by atoms with E-state index in [1.165, 1.54) is 12.1 Å². The third kappa shape index (κ3) is 3.62. The van der Waals surface area contributed by atoms with Gasteiger partial charge in [-0.15, -0.1) is 0 Å². The quantitative estimate of drug-likeness (QED) is 0.666. The summed E-state index contributed by atoms with van der Waals surface area (Å²) in [6.07, 6.45) is 0.635. The van der Waals surface area contributed by atoms with E-state index in [9.17, 15) is 4.39 Å². The second-order valence-corrected chi connectivity index (χ2v) is 5.43. The van der Waals surface area contributed by atoms with Gasteiger partial charge in [-0.3, -0.25) is 11.3 Å². The molecule has 4 heteroatoms. The fourth-order valence-electron chi connectivity index (χ4n) is 2.09. The van der Waals surface area contributed by atoms with Gasteiger partial charge in [0.25, 0.3) is 0 Å². The predicted octanol–water partition coefficient (Wildman–Crippen LogP) is 3.64. The number of hydrogen-bond donors (Lipinski definition) is 2. The van der Waals surface area contributed by atoms with Crippen molar-refractivity contribution in [3.05, 3.63) is 69.4 Å². The van der Waals surface area contributed by atoms with E-state index in [0.29, 0.717) is 6.42 Å². The van der Waals surface area contributed by atoms with Gasteiger partial charge in [0.15, 0.2) is 0 Å². The Morgan fingerprint density at radius 1 is 1.26 bits per heavy atom. The molecule has 2 aromatic rings. The summed E-state index contributed by atoms with van der Waals surface area (Å²) in [5.74, 6) is 5.42. The van der Waals surface area contributed by atoms with Crippen molar-refractivity contribution in [2.75, 3.05) is 0 Å². The lowest BCUT2D eigenvalue weighted by Gasteiger charge is -2.18. The van der Waals surface area contributed by atoms with Gasteiger partial charge < -0.3 is 0 Å². The van der Waals surface area contributed by atoms with Crippen LogP contribution < -0.4 is 11.3 Å². The summed E-state index contributed by atoms with van der Waals surface area (Å²) < 4.78 is 14.2. The number of rotatable bonds is 4. The maximum absolute atomic E-state index is 13.2. The molecule has 0 aliphatic heterocycles. The molecule has 0 aliphatic carbocycles. The van der Waals surface area contributed by atoms with Gasteiger partial charge in [0.05, 0.1) is 6.04 Å². The van der Waals surface area contributed by atoms with Gasteiger partial charge >= 0.3 is 0 Å². The van der Waals surface area contributed by atoms with Gasteiger partial charge in [0.2, 0.25) is 0 Å². The third-order valence-electron chi connectivity index (χ3n) is 3.06. The number of hydrogen-bond acceptors (Lipinski definition) is 2. The minimum atomic E-state index is -0.225. The molecule has 0 aromatic heterocycles. The fraction of sp³-hybridized carbons (Fsp3) is 0.200. The first-order valence-electron chi connectivity index (χ1n) is 6.07. The summed E-state index contributed by atoms with van der Waals surface area (Å²) in [4.78, 5) is 0. The monoisotopic (exact) mass is 322 g/mol. The Kier molecular flexibility index (Phi) is 4.69. The van der Waals surface area contributed by atoms with Gasteiger partial charge in [0, 0.05) is 4.47 Å². The minimum Gasteiger partial charge on any atom is -0.271 e. The number of aryl methyl sites for hydroxylation is 1. The van der Waals surface area contributed by atoms with Crippen molar-refractivity contribution in [2.45, 2.75) is 19.4 Å². The second-order valence-electron chi connectivity index (χ2n) is 4.58. The van der Waals surface area contributed by atoms with Crippen molar-refractivity contribution in [1.82, 2.24) is 5.43 Å². The molecular weight excluding hydrogens is 307 g/mol. The summed E-state index contributed by atoms with van der Waals surface area (Å²) in [6, 6.07) is 12.6. The molecule has 0 fully saturated rings. The molecule has 2 aromatic carbocycles. The van der Waals surface area contributed by atoms with E-state index in [2.05, 4.69) is 27.4 Å². The molecule has 1 unspecified atom stereocenters. The lowest BCUT2D eigenvalue weighted by atomic mass is 9.98. The Bertz CT molecular complexity index is 572. The smallest absolute Gasteiger partial charge is 0.123 e. The van der Waals surface area contributed by atoms with Crippen LogP contribution in [-0.4, -0.2) is 0 Å². The fourth-order valence-corrected chi connectivity index (χ4v) is 2.61. The van der Waals surface area contributed by atoms with E-state index in [1.54, 1.807) is 6.07 Å². The molecule has 19 heavy (non-hydrogen) atoms. The van der Waals surface area contributed by atoms with Crippen molar-refractivity contribution in [1.29, 1.82) is 0 Å². The zero-order valence-corrected chi connectivity index (χ0v) is 12.2. The molecule has 2 nitrogen and oxygen atoms in total. The minimum absolute atomic E-state index is 0.0592. The molecule has 0 amide bonds. The number of nitrogens with two attached hydrogens (primary N) is 1. The SMILES string of the molecule is Cc1ccc(Br)c(C(Cc2cccc(F)c2)NN)c1. The first kappa shape index (κ1) is 14.2. The Labute approximate surface area is 120 Å². The topological polar surface area (TPSA) is 38.0 Å². The molecule has 0 saturated carbocycles. The molecule has 0 radical (unpaired) electrons. The largest absolute Gasteiger partial charge is 0.271 e. The maximum Gasteiger partial charge on any atom is 0.123 e. The number of halogens is 2. The van der Waals surface area contributed by atoms with Crippen molar-refractivity contribution in [2.24, 2.45) is 5.84 Å². The molecule has 0 saturated heterocycles. The first-order chi connectivity index (χ1) is 9.10. The van der Waals surface area contributed by atoms with Crippen LogP contribution in [0.1, 0.15) is 22.7 Å². The normalized spacial score (nSPS) is 12.4. The van der Waals surface area contributed by atoms with Gasteiger partial charge in [-0.25, -0.2) is 4.39 Å². The van der Waals surface area contributed by atoms with Crippen LogP contribution in [0.5, 0.6) is 0 Å².